The van der Waals surface area contributed by atoms with Crippen LogP contribution in [0.25, 0.3) is 22.4 Å². The third-order valence-corrected chi connectivity index (χ3v) is 4.38. The number of nitrogens with zero attached hydrogens (tertiary/aromatic N) is 2. The minimum atomic E-state index is -4.57. The SMILES string of the molecule is Cc1noc2nc(-c3ccccc3C(F)(F)F)cc(C(=O)NCC(C)CN)c12.Cl. The molecule has 2 aromatic heterocycles. The highest BCUT2D eigenvalue weighted by Gasteiger charge is 2.34. The normalized spacial score (nSPS) is 12.5. The van der Waals surface area contributed by atoms with E-state index in [0.29, 0.717) is 24.2 Å². The Bertz CT molecular complexity index is 1020. The van der Waals surface area contributed by atoms with Crippen molar-refractivity contribution < 1.29 is 22.5 Å². The van der Waals surface area contributed by atoms with E-state index in [1.54, 1.807) is 6.92 Å². The van der Waals surface area contributed by atoms with Gasteiger partial charge in [0.2, 0.25) is 0 Å². The average Bonchev–Trinajstić information content (AvgIpc) is 3.05. The van der Waals surface area contributed by atoms with Crippen molar-refractivity contribution in [3.05, 3.63) is 47.2 Å². The molecule has 1 amide bonds. The number of benzene rings is 1. The highest BCUT2D eigenvalue weighted by Crippen LogP contribution is 2.37. The van der Waals surface area contributed by atoms with Gasteiger partial charge in [0, 0.05) is 12.1 Å². The van der Waals surface area contributed by atoms with E-state index in [4.69, 9.17) is 10.3 Å². The van der Waals surface area contributed by atoms with Crippen molar-refractivity contribution in [1.82, 2.24) is 15.5 Å². The number of aryl methyl sites for hydroxylation is 1. The van der Waals surface area contributed by atoms with Crippen LogP contribution in [0.4, 0.5) is 13.2 Å². The zero-order chi connectivity index (χ0) is 20.5. The molecule has 10 heteroatoms. The molecule has 1 atom stereocenters. The number of pyridine rings is 1. The van der Waals surface area contributed by atoms with Crippen molar-refractivity contribution in [2.75, 3.05) is 13.1 Å². The number of amides is 1. The van der Waals surface area contributed by atoms with E-state index in [9.17, 15) is 18.0 Å². The van der Waals surface area contributed by atoms with Gasteiger partial charge in [-0.1, -0.05) is 30.3 Å². The molecule has 6 nitrogen and oxygen atoms in total. The number of carbonyl (C=O) groups excluding carboxylic acids is 1. The lowest BCUT2D eigenvalue weighted by molar-refractivity contribution is -0.137. The van der Waals surface area contributed by atoms with E-state index >= 15 is 0 Å². The number of carbonyl (C=O) groups is 1. The van der Waals surface area contributed by atoms with Crippen LogP contribution < -0.4 is 11.1 Å². The second kappa shape index (κ2) is 8.79. The first-order valence-electron chi connectivity index (χ1n) is 8.64. The second-order valence-electron chi connectivity index (χ2n) is 6.60. The molecule has 3 aromatic rings. The van der Waals surface area contributed by atoms with Gasteiger partial charge in [-0.2, -0.15) is 13.2 Å². The smallest absolute Gasteiger partial charge is 0.352 e. The molecule has 0 aliphatic rings. The van der Waals surface area contributed by atoms with Crippen molar-refractivity contribution in [1.29, 1.82) is 0 Å². The lowest BCUT2D eigenvalue weighted by atomic mass is 10.0. The van der Waals surface area contributed by atoms with Crippen LogP contribution in [0, 0.1) is 12.8 Å². The van der Waals surface area contributed by atoms with Crippen LogP contribution in [-0.2, 0) is 6.18 Å². The first-order chi connectivity index (χ1) is 13.2. The molecule has 3 rings (SSSR count). The molecule has 1 unspecified atom stereocenters. The Morgan fingerprint density at radius 2 is 2.00 bits per heavy atom. The number of hydrogen-bond donors (Lipinski definition) is 2. The van der Waals surface area contributed by atoms with Gasteiger partial charge in [0.15, 0.2) is 0 Å². The first kappa shape index (κ1) is 22.6. The predicted octanol–water partition coefficient (Wildman–Crippen LogP) is 3.96. The number of nitrogens with one attached hydrogen (secondary N) is 1. The van der Waals surface area contributed by atoms with Crippen molar-refractivity contribution in [3.8, 4) is 11.3 Å². The van der Waals surface area contributed by atoms with E-state index < -0.39 is 17.6 Å². The molecular weight excluding hydrogens is 409 g/mol. The highest BCUT2D eigenvalue weighted by molar-refractivity contribution is 6.07. The van der Waals surface area contributed by atoms with Crippen LogP contribution >= 0.6 is 12.4 Å². The Morgan fingerprint density at radius 3 is 2.66 bits per heavy atom. The molecule has 0 fully saturated rings. The molecule has 0 aliphatic heterocycles. The zero-order valence-corrected chi connectivity index (χ0v) is 16.5. The minimum absolute atomic E-state index is 0. The van der Waals surface area contributed by atoms with Gasteiger partial charge in [0.05, 0.1) is 27.9 Å². The average molecular weight is 429 g/mol. The van der Waals surface area contributed by atoms with Crippen LogP contribution in [0.3, 0.4) is 0 Å². The standard InChI is InChI=1S/C19H19F3N4O2.ClH/c1-10(8-23)9-24-17(27)13-7-15(25-18-16(13)11(2)26-28-18)12-5-3-4-6-14(12)19(20,21)22;/h3-7,10H,8-9,23H2,1-2H3,(H,24,27);1H. The summed E-state index contributed by atoms with van der Waals surface area (Å²) >= 11 is 0. The summed E-state index contributed by atoms with van der Waals surface area (Å²) in [5.41, 5.74) is 5.13. The van der Waals surface area contributed by atoms with Gasteiger partial charge in [-0.05, 0) is 31.5 Å². The van der Waals surface area contributed by atoms with Crippen LogP contribution in [-0.4, -0.2) is 29.1 Å². The first-order valence-corrected chi connectivity index (χ1v) is 8.64. The molecule has 0 radical (unpaired) electrons. The maximum Gasteiger partial charge on any atom is 0.417 e. The van der Waals surface area contributed by atoms with Crippen LogP contribution in [0.5, 0.6) is 0 Å². The number of rotatable bonds is 5. The van der Waals surface area contributed by atoms with E-state index in [-0.39, 0.29) is 40.9 Å². The molecule has 29 heavy (non-hydrogen) atoms. The molecule has 0 aliphatic carbocycles. The Balaban J connectivity index is 0.00000300. The third kappa shape index (κ3) is 4.68. The summed E-state index contributed by atoms with van der Waals surface area (Å²) in [4.78, 5) is 16.9. The van der Waals surface area contributed by atoms with E-state index in [1.165, 1.54) is 24.3 Å². The number of alkyl halides is 3. The second-order valence-corrected chi connectivity index (χ2v) is 6.60. The summed E-state index contributed by atoms with van der Waals surface area (Å²) in [6.07, 6.45) is -4.57. The molecule has 0 saturated carbocycles. The fourth-order valence-corrected chi connectivity index (χ4v) is 2.81. The molecule has 0 bridgehead atoms. The number of hydrogen-bond acceptors (Lipinski definition) is 5. The predicted molar refractivity (Wildman–Crippen MR) is 105 cm³/mol. The summed E-state index contributed by atoms with van der Waals surface area (Å²) in [5.74, 6) is -0.403. The van der Waals surface area contributed by atoms with Crippen molar-refractivity contribution in [3.63, 3.8) is 0 Å². The number of halogens is 4. The number of fused-ring (bicyclic) bond motifs is 1. The summed E-state index contributed by atoms with van der Waals surface area (Å²) in [7, 11) is 0. The molecular formula is C19H20ClF3N4O2. The van der Waals surface area contributed by atoms with Gasteiger partial charge >= 0.3 is 6.18 Å². The van der Waals surface area contributed by atoms with Crippen molar-refractivity contribution >= 4 is 29.4 Å². The van der Waals surface area contributed by atoms with Gasteiger partial charge in [-0.25, -0.2) is 4.98 Å². The summed E-state index contributed by atoms with van der Waals surface area (Å²) in [6, 6.07) is 6.38. The van der Waals surface area contributed by atoms with Crippen molar-refractivity contribution in [2.45, 2.75) is 20.0 Å². The topological polar surface area (TPSA) is 94.0 Å². The largest absolute Gasteiger partial charge is 0.417 e. The van der Waals surface area contributed by atoms with Gasteiger partial charge < -0.3 is 15.6 Å². The van der Waals surface area contributed by atoms with Gasteiger partial charge in [-0.15, -0.1) is 12.4 Å². The lowest BCUT2D eigenvalue weighted by Gasteiger charge is -2.14. The number of aromatic nitrogens is 2. The van der Waals surface area contributed by atoms with Gasteiger partial charge in [0.1, 0.15) is 0 Å². The van der Waals surface area contributed by atoms with Crippen LogP contribution in [0.1, 0.15) is 28.5 Å². The molecule has 1 aromatic carbocycles. The maximum atomic E-state index is 13.4. The summed E-state index contributed by atoms with van der Waals surface area (Å²) < 4.78 is 45.3. The minimum Gasteiger partial charge on any atom is -0.352 e. The third-order valence-electron chi connectivity index (χ3n) is 4.38. The quantitative estimate of drug-likeness (QED) is 0.641. The lowest BCUT2D eigenvalue weighted by Crippen LogP contribution is -2.31. The summed E-state index contributed by atoms with van der Waals surface area (Å²) in [5, 5.41) is 6.91. The van der Waals surface area contributed by atoms with E-state index in [1.807, 2.05) is 6.92 Å². The monoisotopic (exact) mass is 428 g/mol. The molecule has 3 N–H and O–H groups in total. The zero-order valence-electron chi connectivity index (χ0n) is 15.7. The van der Waals surface area contributed by atoms with Crippen LogP contribution in [0.15, 0.2) is 34.9 Å². The van der Waals surface area contributed by atoms with Gasteiger partial charge in [0.25, 0.3) is 11.6 Å². The van der Waals surface area contributed by atoms with E-state index in [0.717, 1.165) is 6.07 Å². The van der Waals surface area contributed by atoms with Gasteiger partial charge in [-0.3, -0.25) is 4.79 Å². The Morgan fingerprint density at radius 1 is 1.31 bits per heavy atom. The highest BCUT2D eigenvalue weighted by atomic mass is 35.5. The molecule has 156 valence electrons. The van der Waals surface area contributed by atoms with E-state index in [2.05, 4.69) is 15.5 Å². The maximum absolute atomic E-state index is 13.4. The fraction of sp³-hybridized carbons (Fsp3) is 0.316. The summed E-state index contributed by atoms with van der Waals surface area (Å²) in [6.45, 7) is 4.23. The molecule has 0 saturated heterocycles. The fourth-order valence-electron chi connectivity index (χ4n) is 2.81. The molecule has 0 spiro atoms. The Labute approximate surface area is 171 Å². The Kier molecular flexibility index (Phi) is 6.86. The molecule has 2 heterocycles. The number of nitrogens with two attached hydrogens (primary N) is 1. The Hall–Kier alpha value is -2.65. The van der Waals surface area contributed by atoms with Crippen LogP contribution in [0.2, 0.25) is 0 Å². The van der Waals surface area contributed by atoms with Crippen molar-refractivity contribution in [2.24, 2.45) is 11.7 Å².